The van der Waals surface area contributed by atoms with Gasteiger partial charge in [-0.15, -0.1) is 8.78 Å². The highest BCUT2D eigenvalue weighted by Crippen LogP contribution is 2.35. The van der Waals surface area contributed by atoms with E-state index in [0.29, 0.717) is 0 Å². The topological polar surface area (TPSA) is 18.5 Å². The highest BCUT2D eigenvalue weighted by molar-refractivity contribution is 5.33. The molecule has 0 aromatic heterocycles. The molecule has 16 heavy (non-hydrogen) atoms. The summed E-state index contributed by atoms with van der Waals surface area (Å²) >= 11 is 0. The van der Waals surface area contributed by atoms with E-state index in [1.165, 1.54) is 12.2 Å². The minimum Gasteiger partial charge on any atom is -0.395 e. The molecule has 0 aromatic rings. The Bertz CT molecular complexity index is 365. The number of halogens is 2. The molecular formula is C12H14F2O2. The lowest BCUT2D eigenvalue weighted by Crippen LogP contribution is -2.16. The van der Waals surface area contributed by atoms with Crippen LogP contribution in [0.25, 0.3) is 0 Å². The Morgan fingerprint density at radius 3 is 2.25 bits per heavy atom. The van der Waals surface area contributed by atoms with Crippen LogP contribution in [0.2, 0.25) is 0 Å². The van der Waals surface area contributed by atoms with Gasteiger partial charge in [0.15, 0.2) is 11.5 Å². The van der Waals surface area contributed by atoms with E-state index in [1.807, 2.05) is 13.8 Å². The summed E-state index contributed by atoms with van der Waals surface area (Å²) in [4.78, 5) is 0. The van der Waals surface area contributed by atoms with Crippen molar-refractivity contribution in [2.45, 2.75) is 20.1 Å². The lowest BCUT2D eigenvalue weighted by atomic mass is 10.0. The van der Waals surface area contributed by atoms with Crippen molar-refractivity contribution in [3.05, 3.63) is 48.5 Å². The average molecular weight is 228 g/mol. The molecule has 0 saturated carbocycles. The van der Waals surface area contributed by atoms with Crippen molar-refractivity contribution in [2.75, 3.05) is 0 Å². The fourth-order valence-corrected chi connectivity index (χ4v) is 1.23. The van der Waals surface area contributed by atoms with Crippen molar-refractivity contribution in [2.24, 2.45) is 5.92 Å². The molecule has 0 aromatic carbocycles. The van der Waals surface area contributed by atoms with Gasteiger partial charge in [0.1, 0.15) is 0 Å². The molecule has 1 aliphatic heterocycles. The van der Waals surface area contributed by atoms with Crippen molar-refractivity contribution in [1.82, 2.24) is 0 Å². The van der Waals surface area contributed by atoms with Crippen LogP contribution < -0.4 is 0 Å². The fraction of sp³-hybridized carbons (Fsp3) is 0.333. The number of alkyl halides is 2. The molecule has 0 atom stereocenters. The normalized spacial score (nSPS) is 19.4. The first-order valence-corrected chi connectivity index (χ1v) is 4.86. The minimum atomic E-state index is -3.61. The third-order valence-corrected chi connectivity index (χ3v) is 2.09. The predicted molar refractivity (Wildman–Crippen MR) is 57.5 cm³/mol. The first kappa shape index (κ1) is 12.5. The second-order valence-electron chi connectivity index (χ2n) is 3.60. The van der Waals surface area contributed by atoms with Gasteiger partial charge in [0.2, 0.25) is 0 Å². The Labute approximate surface area is 93.5 Å². The summed E-state index contributed by atoms with van der Waals surface area (Å²) in [6.45, 7) is 10.8. The van der Waals surface area contributed by atoms with E-state index in [1.54, 1.807) is 6.08 Å². The van der Waals surface area contributed by atoms with Crippen molar-refractivity contribution in [3.8, 4) is 0 Å². The van der Waals surface area contributed by atoms with Crippen LogP contribution in [0.3, 0.4) is 0 Å². The van der Waals surface area contributed by atoms with Crippen LogP contribution in [-0.4, -0.2) is 6.29 Å². The van der Waals surface area contributed by atoms with Gasteiger partial charge in [-0.2, -0.15) is 0 Å². The Morgan fingerprint density at radius 2 is 1.81 bits per heavy atom. The number of hydrogen-bond acceptors (Lipinski definition) is 2. The third kappa shape index (κ3) is 2.72. The highest BCUT2D eigenvalue weighted by atomic mass is 19.3. The van der Waals surface area contributed by atoms with Gasteiger partial charge in [-0.3, -0.25) is 0 Å². The summed E-state index contributed by atoms with van der Waals surface area (Å²) in [6.07, 6.45) is 0.653. The van der Waals surface area contributed by atoms with E-state index in [0.717, 1.165) is 5.57 Å². The zero-order chi connectivity index (χ0) is 12.3. The molecule has 0 bridgehead atoms. The first-order valence-electron chi connectivity index (χ1n) is 4.86. The monoisotopic (exact) mass is 228 g/mol. The van der Waals surface area contributed by atoms with Gasteiger partial charge in [0.05, 0.1) is 0 Å². The summed E-state index contributed by atoms with van der Waals surface area (Å²) in [5.41, 5.74) is 0.788. The van der Waals surface area contributed by atoms with E-state index < -0.39 is 6.29 Å². The molecule has 0 unspecified atom stereocenters. The standard InChI is InChI=1S/C12H14F2O2/c1-5-9(8(3)4)7-11-10(6-2)15-12(13,14)16-11/h5-8H,1-2H2,3-4H3/b9-7+. The molecule has 0 amide bonds. The quantitative estimate of drug-likeness (QED) is 0.682. The maximum Gasteiger partial charge on any atom is 0.586 e. The molecule has 0 radical (unpaired) electrons. The summed E-state index contributed by atoms with van der Waals surface area (Å²) < 4.78 is 34.2. The fourth-order valence-electron chi connectivity index (χ4n) is 1.23. The van der Waals surface area contributed by atoms with Crippen LogP contribution in [0.5, 0.6) is 0 Å². The second kappa shape index (κ2) is 4.51. The van der Waals surface area contributed by atoms with E-state index in [9.17, 15) is 8.78 Å². The van der Waals surface area contributed by atoms with Crippen LogP contribution in [0.15, 0.2) is 48.5 Å². The van der Waals surface area contributed by atoms with Gasteiger partial charge >= 0.3 is 6.29 Å². The van der Waals surface area contributed by atoms with Gasteiger partial charge in [0.25, 0.3) is 0 Å². The lowest BCUT2D eigenvalue weighted by Gasteiger charge is -2.08. The zero-order valence-electron chi connectivity index (χ0n) is 9.30. The van der Waals surface area contributed by atoms with E-state index in [2.05, 4.69) is 22.6 Å². The molecule has 88 valence electrons. The molecule has 1 heterocycles. The van der Waals surface area contributed by atoms with Gasteiger partial charge in [0, 0.05) is 0 Å². The van der Waals surface area contributed by atoms with E-state index >= 15 is 0 Å². The van der Waals surface area contributed by atoms with Crippen molar-refractivity contribution >= 4 is 0 Å². The van der Waals surface area contributed by atoms with Crippen LogP contribution in [0, 0.1) is 5.92 Å². The predicted octanol–water partition coefficient (Wildman–Crippen LogP) is 3.75. The van der Waals surface area contributed by atoms with Crippen molar-refractivity contribution < 1.29 is 18.3 Å². The molecule has 1 rings (SSSR count). The number of ether oxygens (including phenoxy) is 2. The SMILES string of the molecule is C=CC1=C(/C=C(\C=C)C(C)C)OC(F)(F)O1. The molecule has 4 heteroatoms. The van der Waals surface area contributed by atoms with E-state index in [4.69, 9.17) is 0 Å². The molecule has 0 saturated heterocycles. The Balaban J connectivity index is 3.03. The number of allylic oxidation sites excluding steroid dienone is 4. The van der Waals surface area contributed by atoms with Gasteiger partial charge in [-0.25, -0.2) is 0 Å². The summed E-state index contributed by atoms with van der Waals surface area (Å²) in [6, 6.07) is 0. The molecule has 0 N–H and O–H groups in total. The Kier molecular flexibility index (Phi) is 3.52. The smallest absolute Gasteiger partial charge is 0.395 e. The van der Waals surface area contributed by atoms with Crippen LogP contribution in [0.4, 0.5) is 8.78 Å². The van der Waals surface area contributed by atoms with Gasteiger partial charge in [-0.1, -0.05) is 33.1 Å². The lowest BCUT2D eigenvalue weighted by molar-refractivity contribution is -0.335. The molecular weight excluding hydrogens is 214 g/mol. The number of rotatable bonds is 4. The van der Waals surface area contributed by atoms with Crippen LogP contribution >= 0.6 is 0 Å². The minimum absolute atomic E-state index is 0.0244. The second-order valence-corrected chi connectivity index (χ2v) is 3.60. The Hall–Kier alpha value is -1.58. The van der Waals surface area contributed by atoms with Gasteiger partial charge in [-0.05, 0) is 23.6 Å². The third-order valence-electron chi connectivity index (χ3n) is 2.09. The summed E-state index contributed by atoms with van der Waals surface area (Å²) in [5, 5.41) is 0. The molecule has 2 nitrogen and oxygen atoms in total. The van der Waals surface area contributed by atoms with Crippen LogP contribution in [-0.2, 0) is 9.47 Å². The van der Waals surface area contributed by atoms with E-state index in [-0.39, 0.29) is 17.4 Å². The molecule has 1 aliphatic rings. The largest absolute Gasteiger partial charge is 0.586 e. The van der Waals surface area contributed by atoms with Crippen LogP contribution in [0.1, 0.15) is 13.8 Å². The molecule has 0 spiro atoms. The zero-order valence-corrected chi connectivity index (χ0v) is 9.30. The van der Waals surface area contributed by atoms with Crippen molar-refractivity contribution in [3.63, 3.8) is 0 Å². The summed E-state index contributed by atoms with van der Waals surface area (Å²) in [5.74, 6) is 0.0717. The maximum absolute atomic E-state index is 12.8. The molecule has 0 aliphatic carbocycles. The van der Waals surface area contributed by atoms with Gasteiger partial charge < -0.3 is 9.47 Å². The molecule has 0 fully saturated rings. The first-order chi connectivity index (χ1) is 7.39. The summed E-state index contributed by atoms with van der Waals surface area (Å²) in [7, 11) is 0. The average Bonchev–Trinajstić information content (AvgIpc) is 2.49. The Morgan fingerprint density at radius 1 is 1.25 bits per heavy atom. The maximum atomic E-state index is 12.8. The van der Waals surface area contributed by atoms with Crippen molar-refractivity contribution in [1.29, 1.82) is 0 Å². The number of hydrogen-bond donors (Lipinski definition) is 0. The highest BCUT2D eigenvalue weighted by Gasteiger charge is 2.43.